The van der Waals surface area contributed by atoms with Gasteiger partial charge in [-0.05, 0) is 25.3 Å². The van der Waals surface area contributed by atoms with Crippen molar-refractivity contribution in [2.45, 2.75) is 31.9 Å². The zero-order valence-corrected chi connectivity index (χ0v) is 11.8. The van der Waals surface area contributed by atoms with Crippen molar-refractivity contribution in [3.63, 3.8) is 0 Å². The summed E-state index contributed by atoms with van der Waals surface area (Å²) in [4.78, 5) is 0. The molecule has 1 saturated heterocycles. The summed E-state index contributed by atoms with van der Waals surface area (Å²) < 4.78 is 16.4. The van der Waals surface area contributed by atoms with Gasteiger partial charge in [-0.2, -0.15) is 0 Å². The van der Waals surface area contributed by atoms with Gasteiger partial charge in [0.25, 0.3) is 0 Å². The zero-order chi connectivity index (χ0) is 13.5. The summed E-state index contributed by atoms with van der Waals surface area (Å²) in [5, 5.41) is 3.44. The average molecular weight is 265 g/mol. The minimum Gasteiger partial charge on any atom is -0.493 e. The van der Waals surface area contributed by atoms with Crippen LogP contribution in [-0.2, 0) is 11.3 Å². The first-order valence-electron chi connectivity index (χ1n) is 6.87. The van der Waals surface area contributed by atoms with Crippen LogP contribution in [0.15, 0.2) is 18.2 Å². The van der Waals surface area contributed by atoms with E-state index in [4.69, 9.17) is 14.2 Å². The van der Waals surface area contributed by atoms with Gasteiger partial charge in [-0.3, -0.25) is 0 Å². The van der Waals surface area contributed by atoms with E-state index in [0.29, 0.717) is 6.10 Å². The standard InChI is InChI=1S/C15H23NO3/c1-17-14-8-5-6-12(15(14)18-2)10-16-11-13-7-3-4-9-19-13/h5-6,8,13,16H,3-4,7,9-11H2,1-2H3. The predicted molar refractivity (Wildman–Crippen MR) is 74.8 cm³/mol. The van der Waals surface area contributed by atoms with Crippen LogP contribution in [0, 0.1) is 0 Å². The molecule has 1 atom stereocenters. The highest BCUT2D eigenvalue weighted by Crippen LogP contribution is 2.30. The minimum atomic E-state index is 0.352. The van der Waals surface area contributed by atoms with Crippen molar-refractivity contribution in [1.29, 1.82) is 0 Å². The third kappa shape index (κ3) is 3.85. The number of hydrogen-bond acceptors (Lipinski definition) is 4. The highest BCUT2D eigenvalue weighted by atomic mass is 16.5. The zero-order valence-electron chi connectivity index (χ0n) is 11.8. The molecule has 1 unspecified atom stereocenters. The summed E-state index contributed by atoms with van der Waals surface area (Å²) in [5.74, 6) is 1.58. The van der Waals surface area contributed by atoms with Crippen LogP contribution in [0.2, 0.25) is 0 Å². The number of methoxy groups -OCH3 is 2. The molecule has 106 valence electrons. The highest BCUT2D eigenvalue weighted by Gasteiger charge is 2.14. The lowest BCUT2D eigenvalue weighted by atomic mass is 10.1. The minimum absolute atomic E-state index is 0.352. The van der Waals surface area contributed by atoms with Crippen molar-refractivity contribution in [1.82, 2.24) is 5.32 Å². The first kappa shape index (κ1) is 14.2. The molecule has 0 spiro atoms. The van der Waals surface area contributed by atoms with E-state index in [1.165, 1.54) is 12.8 Å². The summed E-state index contributed by atoms with van der Waals surface area (Å²) in [7, 11) is 3.33. The maximum Gasteiger partial charge on any atom is 0.165 e. The molecular formula is C15H23NO3. The number of rotatable bonds is 6. The molecule has 0 bridgehead atoms. The van der Waals surface area contributed by atoms with Crippen LogP contribution < -0.4 is 14.8 Å². The van der Waals surface area contributed by atoms with E-state index in [9.17, 15) is 0 Å². The Morgan fingerprint density at radius 2 is 2.16 bits per heavy atom. The second kappa shape index (κ2) is 7.36. The molecule has 2 rings (SSSR count). The largest absolute Gasteiger partial charge is 0.493 e. The van der Waals surface area contributed by atoms with Gasteiger partial charge in [0.2, 0.25) is 0 Å². The number of benzene rings is 1. The van der Waals surface area contributed by atoms with Crippen LogP contribution in [0.4, 0.5) is 0 Å². The Bertz CT molecular complexity index is 389. The van der Waals surface area contributed by atoms with E-state index < -0.39 is 0 Å². The molecule has 1 aliphatic rings. The summed E-state index contributed by atoms with van der Waals surface area (Å²) in [6.45, 7) is 2.55. The third-order valence-electron chi connectivity index (χ3n) is 3.45. The molecule has 0 saturated carbocycles. The van der Waals surface area contributed by atoms with E-state index in [2.05, 4.69) is 11.4 Å². The highest BCUT2D eigenvalue weighted by molar-refractivity contribution is 5.46. The Kier molecular flexibility index (Phi) is 5.48. The molecule has 0 aromatic heterocycles. The van der Waals surface area contributed by atoms with E-state index >= 15 is 0 Å². The maximum atomic E-state index is 5.70. The summed E-state index contributed by atoms with van der Waals surface area (Å²) in [6, 6.07) is 5.94. The number of hydrogen-bond donors (Lipinski definition) is 1. The van der Waals surface area contributed by atoms with Gasteiger partial charge in [0.05, 0.1) is 20.3 Å². The molecule has 1 aromatic carbocycles. The SMILES string of the molecule is COc1cccc(CNCC2CCCCO2)c1OC. The smallest absolute Gasteiger partial charge is 0.165 e. The van der Waals surface area contributed by atoms with Gasteiger partial charge in [-0.25, -0.2) is 0 Å². The molecule has 1 heterocycles. The van der Waals surface area contributed by atoms with Crippen LogP contribution >= 0.6 is 0 Å². The number of ether oxygens (including phenoxy) is 3. The Hall–Kier alpha value is -1.26. The predicted octanol–water partition coefficient (Wildman–Crippen LogP) is 2.36. The van der Waals surface area contributed by atoms with E-state index in [-0.39, 0.29) is 0 Å². The first-order chi connectivity index (χ1) is 9.35. The van der Waals surface area contributed by atoms with Gasteiger partial charge >= 0.3 is 0 Å². The maximum absolute atomic E-state index is 5.70. The Morgan fingerprint density at radius 3 is 2.84 bits per heavy atom. The fourth-order valence-corrected chi connectivity index (χ4v) is 2.43. The van der Waals surface area contributed by atoms with Crippen LogP contribution in [0.3, 0.4) is 0 Å². The molecule has 4 heteroatoms. The topological polar surface area (TPSA) is 39.7 Å². The first-order valence-corrected chi connectivity index (χ1v) is 6.87. The van der Waals surface area contributed by atoms with Crippen molar-refractivity contribution in [3.05, 3.63) is 23.8 Å². The van der Waals surface area contributed by atoms with Crippen LogP contribution in [-0.4, -0.2) is 33.5 Å². The summed E-state index contributed by atoms with van der Waals surface area (Å²) >= 11 is 0. The van der Waals surface area contributed by atoms with Gasteiger partial charge in [0.15, 0.2) is 11.5 Å². The molecule has 0 aliphatic carbocycles. The lowest BCUT2D eigenvalue weighted by Crippen LogP contribution is -2.31. The lowest BCUT2D eigenvalue weighted by Gasteiger charge is -2.23. The Balaban J connectivity index is 1.88. The second-order valence-corrected chi connectivity index (χ2v) is 4.77. The van der Waals surface area contributed by atoms with Gasteiger partial charge in [-0.15, -0.1) is 0 Å². The monoisotopic (exact) mass is 265 g/mol. The molecule has 1 N–H and O–H groups in total. The molecular weight excluding hydrogens is 242 g/mol. The van der Waals surface area contributed by atoms with Gasteiger partial charge in [0.1, 0.15) is 0 Å². The molecule has 1 aliphatic heterocycles. The van der Waals surface area contributed by atoms with Crippen LogP contribution in [0.25, 0.3) is 0 Å². The van der Waals surface area contributed by atoms with E-state index in [0.717, 1.165) is 43.2 Å². The van der Waals surface area contributed by atoms with Gasteiger partial charge in [0, 0.05) is 25.3 Å². The van der Waals surface area contributed by atoms with E-state index in [1.54, 1.807) is 14.2 Å². The van der Waals surface area contributed by atoms with Crippen molar-refractivity contribution < 1.29 is 14.2 Å². The van der Waals surface area contributed by atoms with Crippen LogP contribution in [0.1, 0.15) is 24.8 Å². The second-order valence-electron chi connectivity index (χ2n) is 4.77. The van der Waals surface area contributed by atoms with Crippen molar-refractivity contribution >= 4 is 0 Å². The number of nitrogens with one attached hydrogen (secondary N) is 1. The van der Waals surface area contributed by atoms with E-state index in [1.807, 2.05) is 12.1 Å². The average Bonchev–Trinajstić information content (AvgIpc) is 2.48. The van der Waals surface area contributed by atoms with Crippen molar-refractivity contribution in [2.24, 2.45) is 0 Å². The normalized spacial score (nSPS) is 19.2. The lowest BCUT2D eigenvalue weighted by molar-refractivity contribution is 0.0167. The fraction of sp³-hybridized carbons (Fsp3) is 0.600. The number of para-hydroxylation sites is 1. The van der Waals surface area contributed by atoms with Gasteiger partial charge in [-0.1, -0.05) is 12.1 Å². The third-order valence-corrected chi connectivity index (χ3v) is 3.45. The fourth-order valence-electron chi connectivity index (χ4n) is 2.43. The molecule has 4 nitrogen and oxygen atoms in total. The molecule has 0 amide bonds. The Morgan fingerprint density at radius 1 is 1.26 bits per heavy atom. The van der Waals surface area contributed by atoms with Gasteiger partial charge < -0.3 is 19.5 Å². The quantitative estimate of drug-likeness (QED) is 0.857. The summed E-state index contributed by atoms with van der Waals surface area (Å²) in [5.41, 5.74) is 1.11. The molecule has 1 aromatic rings. The molecule has 19 heavy (non-hydrogen) atoms. The molecule has 0 radical (unpaired) electrons. The van der Waals surface area contributed by atoms with Crippen molar-refractivity contribution in [2.75, 3.05) is 27.4 Å². The Labute approximate surface area is 115 Å². The molecule has 1 fully saturated rings. The van der Waals surface area contributed by atoms with Crippen molar-refractivity contribution in [3.8, 4) is 11.5 Å². The summed E-state index contributed by atoms with van der Waals surface area (Å²) in [6.07, 6.45) is 3.97. The van der Waals surface area contributed by atoms with Crippen LogP contribution in [0.5, 0.6) is 11.5 Å².